The second-order valence-electron chi connectivity index (χ2n) is 7.08. The van der Waals surface area contributed by atoms with E-state index < -0.39 is 12.0 Å². The van der Waals surface area contributed by atoms with Crippen LogP contribution in [0.15, 0.2) is 24.3 Å². The number of carboxylic acid groups (broad SMARTS) is 1. The summed E-state index contributed by atoms with van der Waals surface area (Å²) in [4.78, 5) is 37.0. The van der Waals surface area contributed by atoms with Crippen LogP contribution in [0.5, 0.6) is 0 Å². The normalized spacial score (nSPS) is 15.0. The molecule has 9 nitrogen and oxygen atoms in total. The third kappa shape index (κ3) is 5.90. The average molecular weight is 448 g/mol. The van der Waals surface area contributed by atoms with Gasteiger partial charge in [-0.1, -0.05) is 19.1 Å². The number of hydrogen-bond donors (Lipinski definition) is 2. The van der Waals surface area contributed by atoms with Gasteiger partial charge in [0.25, 0.3) is 0 Å². The molecule has 168 valence electrons. The van der Waals surface area contributed by atoms with Crippen LogP contribution in [-0.2, 0) is 9.53 Å². The van der Waals surface area contributed by atoms with Gasteiger partial charge in [-0.25, -0.2) is 19.6 Å². The van der Waals surface area contributed by atoms with Crippen LogP contribution in [0.4, 0.5) is 16.4 Å². The number of amides is 1. The van der Waals surface area contributed by atoms with Gasteiger partial charge in [0.1, 0.15) is 6.04 Å². The molecule has 31 heavy (non-hydrogen) atoms. The van der Waals surface area contributed by atoms with E-state index in [2.05, 4.69) is 12.2 Å². The molecular weight excluding hydrogens is 418 g/mol. The number of piperazine rings is 1. The molecule has 1 aromatic carbocycles. The molecule has 1 unspecified atom stereocenters. The fourth-order valence-electron chi connectivity index (χ4n) is 3.39. The first-order valence-electron chi connectivity index (χ1n) is 10.5. The largest absolute Gasteiger partial charge is 0.480 e. The van der Waals surface area contributed by atoms with E-state index in [9.17, 15) is 14.7 Å². The lowest BCUT2D eigenvalue weighted by molar-refractivity contribution is -0.137. The number of carbonyl (C=O) groups excluding carboxylic acids is 1. The Bertz CT molecular complexity index is 904. The molecule has 0 saturated carbocycles. The first kappa shape index (κ1) is 22.9. The van der Waals surface area contributed by atoms with Gasteiger partial charge in [-0.2, -0.15) is 11.8 Å². The molecule has 1 aliphatic rings. The zero-order valence-corrected chi connectivity index (χ0v) is 18.7. The first-order valence-corrected chi connectivity index (χ1v) is 11.7. The predicted octanol–water partition coefficient (Wildman–Crippen LogP) is 2.92. The number of aromatic nitrogens is 2. The van der Waals surface area contributed by atoms with Gasteiger partial charge >= 0.3 is 12.1 Å². The van der Waals surface area contributed by atoms with Crippen molar-refractivity contribution in [1.29, 1.82) is 0 Å². The Hall–Kier alpha value is -2.75. The zero-order chi connectivity index (χ0) is 22.2. The van der Waals surface area contributed by atoms with Crippen molar-refractivity contribution >= 4 is 46.5 Å². The van der Waals surface area contributed by atoms with Crippen molar-refractivity contribution in [2.24, 2.45) is 0 Å². The third-order valence-electron chi connectivity index (χ3n) is 5.02. The first-order chi connectivity index (χ1) is 15.0. The van der Waals surface area contributed by atoms with E-state index in [-0.39, 0.29) is 6.09 Å². The maximum Gasteiger partial charge on any atom is 0.409 e. The lowest BCUT2D eigenvalue weighted by Crippen LogP contribution is -2.49. The SMILES string of the molecule is CCOC(=O)N1CCN(c2nc3ccccc3nc2NC(CCSCC)C(=O)O)CC1. The lowest BCUT2D eigenvalue weighted by Gasteiger charge is -2.35. The van der Waals surface area contributed by atoms with Crippen LogP contribution in [0.2, 0.25) is 0 Å². The Morgan fingerprint density at radius 3 is 2.45 bits per heavy atom. The number of carboxylic acids is 1. The van der Waals surface area contributed by atoms with E-state index in [1.54, 1.807) is 23.6 Å². The summed E-state index contributed by atoms with van der Waals surface area (Å²) in [6.07, 6.45) is 0.169. The Balaban J connectivity index is 1.84. The highest BCUT2D eigenvalue weighted by Gasteiger charge is 2.27. The molecule has 0 spiro atoms. The molecular formula is C21H29N5O4S. The summed E-state index contributed by atoms with van der Waals surface area (Å²) in [5.74, 6) is 1.84. The quantitative estimate of drug-likeness (QED) is 0.561. The number of nitrogens with one attached hydrogen (secondary N) is 1. The van der Waals surface area contributed by atoms with Crippen LogP contribution in [0.1, 0.15) is 20.3 Å². The molecule has 1 atom stereocenters. The van der Waals surface area contributed by atoms with Crippen LogP contribution in [0.25, 0.3) is 11.0 Å². The molecule has 1 saturated heterocycles. The van der Waals surface area contributed by atoms with E-state index in [0.717, 1.165) is 17.0 Å². The summed E-state index contributed by atoms with van der Waals surface area (Å²) in [7, 11) is 0. The summed E-state index contributed by atoms with van der Waals surface area (Å²) >= 11 is 1.71. The summed E-state index contributed by atoms with van der Waals surface area (Å²) in [5, 5.41) is 12.8. The van der Waals surface area contributed by atoms with E-state index >= 15 is 0 Å². The van der Waals surface area contributed by atoms with Gasteiger partial charge in [0, 0.05) is 26.2 Å². The molecule has 3 rings (SSSR count). The van der Waals surface area contributed by atoms with Crippen LogP contribution < -0.4 is 10.2 Å². The fourth-order valence-corrected chi connectivity index (χ4v) is 4.08. The number of para-hydroxylation sites is 2. The molecule has 1 fully saturated rings. The van der Waals surface area contributed by atoms with Crippen LogP contribution in [0.3, 0.4) is 0 Å². The number of aliphatic carboxylic acids is 1. The Morgan fingerprint density at radius 2 is 1.84 bits per heavy atom. The number of benzene rings is 1. The molecule has 2 aromatic rings. The number of hydrogen-bond acceptors (Lipinski definition) is 8. The van der Waals surface area contributed by atoms with Crippen molar-refractivity contribution in [1.82, 2.24) is 14.9 Å². The molecule has 2 heterocycles. The zero-order valence-electron chi connectivity index (χ0n) is 17.9. The van der Waals surface area contributed by atoms with Gasteiger partial charge in [-0.15, -0.1) is 0 Å². The fraction of sp³-hybridized carbons (Fsp3) is 0.524. The van der Waals surface area contributed by atoms with Gasteiger partial charge in [0.05, 0.1) is 17.6 Å². The maximum atomic E-state index is 12.0. The number of fused-ring (bicyclic) bond motifs is 1. The van der Waals surface area contributed by atoms with E-state index in [0.29, 0.717) is 56.4 Å². The summed E-state index contributed by atoms with van der Waals surface area (Å²) in [5.41, 5.74) is 1.44. The third-order valence-corrected chi connectivity index (χ3v) is 5.95. The standard InChI is InChI=1S/C21H29N5O4S/c1-3-30-21(29)26-12-10-25(11-13-26)19-18(22-15-7-5-6-8-16(15)24-19)23-17(20(27)28)9-14-31-4-2/h5-8,17H,3-4,9-14H2,1-2H3,(H,22,23)(H,27,28). The van der Waals surface area contributed by atoms with Crippen LogP contribution in [-0.4, -0.2) is 82.4 Å². The molecule has 1 aliphatic heterocycles. The minimum absolute atomic E-state index is 0.315. The Kier molecular flexibility index (Phi) is 8.16. The topological polar surface area (TPSA) is 108 Å². The smallest absolute Gasteiger partial charge is 0.409 e. The van der Waals surface area contributed by atoms with E-state index in [1.165, 1.54) is 0 Å². The molecule has 0 bridgehead atoms. The molecule has 1 amide bonds. The summed E-state index contributed by atoms with van der Waals surface area (Å²) in [6.45, 7) is 6.31. The van der Waals surface area contributed by atoms with Crippen LogP contribution >= 0.6 is 11.8 Å². The van der Waals surface area contributed by atoms with Crippen molar-refractivity contribution in [2.75, 3.05) is 54.5 Å². The molecule has 1 aromatic heterocycles. The Morgan fingerprint density at radius 1 is 1.16 bits per heavy atom. The number of ether oxygens (including phenoxy) is 1. The van der Waals surface area contributed by atoms with Crippen molar-refractivity contribution in [3.8, 4) is 0 Å². The number of carbonyl (C=O) groups is 2. The summed E-state index contributed by atoms with van der Waals surface area (Å²) < 4.78 is 5.09. The lowest BCUT2D eigenvalue weighted by atomic mass is 10.2. The molecule has 2 N–H and O–H groups in total. The predicted molar refractivity (Wildman–Crippen MR) is 123 cm³/mol. The number of rotatable bonds is 9. The second-order valence-corrected chi connectivity index (χ2v) is 8.47. The molecule has 0 aliphatic carbocycles. The summed E-state index contributed by atoms with van der Waals surface area (Å²) in [6, 6.07) is 6.77. The van der Waals surface area contributed by atoms with Crippen LogP contribution in [0, 0.1) is 0 Å². The van der Waals surface area contributed by atoms with Gasteiger partial charge in [0.15, 0.2) is 11.6 Å². The molecule has 0 radical (unpaired) electrons. The minimum atomic E-state index is -0.912. The van der Waals surface area contributed by atoms with Crippen molar-refractivity contribution in [3.63, 3.8) is 0 Å². The maximum absolute atomic E-state index is 12.0. The average Bonchev–Trinajstić information content (AvgIpc) is 2.78. The number of thioether (sulfide) groups is 1. The highest BCUT2D eigenvalue weighted by Crippen LogP contribution is 2.27. The van der Waals surface area contributed by atoms with Gasteiger partial charge in [0.2, 0.25) is 0 Å². The van der Waals surface area contributed by atoms with Crippen molar-refractivity contribution in [2.45, 2.75) is 26.3 Å². The minimum Gasteiger partial charge on any atom is -0.480 e. The second kappa shape index (κ2) is 11.0. The van der Waals surface area contributed by atoms with Gasteiger partial charge in [-0.05, 0) is 37.0 Å². The van der Waals surface area contributed by atoms with Crippen molar-refractivity contribution in [3.05, 3.63) is 24.3 Å². The van der Waals surface area contributed by atoms with Gasteiger partial charge < -0.3 is 25.0 Å². The van der Waals surface area contributed by atoms with E-state index in [4.69, 9.17) is 14.7 Å². The monoisotopic (exact) mass is 447 g/mol. The Labute approximate surface area is 186 Å². The van der Waals surface area contributed by atoms with Gasteiger partial charge in [-0.3, -0.25) is 0 Å². The highest BCUT2D eigenvalue weighted by molar-refractivity contribution is 7.99. The highest BCUT2D eigenvalue weighted by atomic mass is 32.2. The number of nitrogens with zero attached hydrogens (tertiary/aromatic N) is 4. The van der Waals surface area contributed by atoms with E-state index in [1.807, 2.05) is 29.2 Å². The molecule has 10 heteroatoms. The number of anilines is 2. The van der Waals surface area contributed by atoms with Crippen molar-refractivity contribution < 1.29 is 19.4 Å².